The number of hydrogen-bond donors (Lipinski definition) is 1. The summed E-state index contributed by atoms with van der Waals surface area (Å²) in [5.74, 6) is 2.13. The molecule has 0 radical (unpaired) electrons. The van der Waals surface area contributed by atoms with E-state index < -0.39 is 0 Å². The summed E-state index contributed by atoms with van der Waals surface area (Å²) in [6, 6.07) is 5.10. The average molecular weight is 277 g/mol. The summed E-state index contributed by atoms with van der Waals surface area (Å²) in [4.78, 5) is 0. The number of halogens is 1. The minimum atomic E-state index is -0.183. The lowest BCUT2D eigenvalue weighted by Crippen LogP contribution is -2.38. The standard InChI is InChI=1S/C17H24FNO/c1-11-4-3-5-12(8-11)17-10-15(19-2)14-9-13(18)6-7-16(14)20-17/h6-7,9,11-12,15,17,19H,3-5,8,10H2,1-2H3. The van der Waals surface area contributed by atoms with Crippen LogP contribution in [0.2, 0.25) is 0 Å². The van der Waals surface area contributed by atoms with Gasteiger partial charge in [0.2, 0.25) is 0 Å². The molecule has 1 fully saturated rings. The zero-order chi connectivity index (χ0) is 14.1. The van der Waals surface area contributed by atoms with Crippen molar-refractivity contribution < 1.29 is 9.13 Å². The number of nitrogens with one attached hydrogen (secondary N) is 1. The van der Waals surface area contributed by atoms with E-state index in [9.17, 15) is 4.39 Å². The van der Waals surface area contributed by atoms with Crippen LogP contribution in [0.4, 0.5) is 4.39 Å². The van der Waals surface area contributed by atoms with Crippen LogP contribution in [0.5, 0.6) is 5.75 Å². The predicted molar refractivity (Wildman–Crippen MR) is 78.4 cm³/mol. The third kappa shape index (κ3) is 2.69. The number of rotatable bonds is 2. The Morgan fingerprint density at radius 2 is 2.10 bits per heavy atom. The smallest absolute Gasteiger partial charge is 0.124 e. The molecule has 1 aromatic rings. The van der Waals surface area contributed by atoms with Gasteiger partial charge in [-0.3, -0.25) is 0 Å². The van der Waals surface area contributed by atoms with Gasteiger partial charge in [0, 0.05) is 18.0 Å². The molecule has 0 bridgehead atoms. The molecule has 20 heavy (non-hydrogen) atoms. The Hall–Kier alpha value is -1.09. The summed E-state index contributed by atoms with van der Waals surface area (Å²) >= 11 is 0. The molecule has 0 aromatic heterocycles. The van der Waals surface area contributed by atoms with Gasteiger partial charge in [-0.05, 0) is 49.9 Å². The van der Waals surface area contributed by atoms with Gasteiger partial charge in [-0.25, -0.2) is 4.39 Å². The zero-order valence-electron chi connectivity index (χ0n) is 12.4. The normalized spacial score (nSPS) is 33.4. The lowest BCUT2D eigenvalue weighted by molar-refractivity contribution is 0.0625. The van der Waals surface area contributed by atoms with E-state index in [1.54, 1.807) is 12.1 Å². The zero-order valence-corrected chi connectivity index (χ0v) is 12.4. The topological polar surface area (TPSA) is 21.3 Å². The first-order chi connectivity index (χ1) is 9.67. The van der Waals surface area contributed by atoms with E-state index in [0.717, 1.165) is 23.7 Å². The van der Waals surface area contributed by atoms with Crippen molar-refractivity contribution in [3.05, 3.63) is 29.6 Å². The van der Waals surface area contributed by atoms with Crippen molar-refractivity contribution >= 4 is 0 Å². The first-order valence-corrected chi connectivity index (χ1v) is 7.80. The SMILES string of the molecule is CNC1CC(C2CCCC(C)C2)Oc2ccc(F)cc21. The number of hydrogen-bond acceptors (Lipinski definition) is 2. The second kappa shape index (κ2) is 5.72. The molecule has 1 N–H and O–H groups in total. The molecule has 0 amide bonds. The van der Waals surface area contributed by atoms with E-state index >= 15 is 0 Å². The van der Waals surface area contributed by atoms with Crippen LogP contribution in [-0.2, 0) is 0 Å². The molecular formula is C17H24FNO. The Balaban J connectivity index is 1.81. The fraction of sp³-hybridized carbons (Fsp3) is 0.647. The minimum absolute atomic E-state index is 0.183. The largest absolute Gasteiger partial charge is 0.490 e. The van der Waals surface area contributed by atoms with Crippen molar-refractivity contribution in [1.29, 1.82) is 0 Å². The van der Waals surface area contributed by atoms with E-state index in [2.05, 4.69) is 12.2 Å². The molecule has 1 saturated carbocycles. The molecule has 1 heterocycles. The summed E-state index contributed by atoms with van der Waals surface area (Å²) in [6.07, 6.45) is 6.41. The molecule has 1 aliphatic heterocycles. The summed E-state index contributed by atoms with van der Waals surface area (Å²) < 4.78 is 19.6. The molecule has 4 atom stereocenters. The fourth-order valence-electron chi connectivity index (χ4n) is 3.85. The Bertz CT molecular complexity index is 476. The van der Waals surface area contributed by atoms with Crippen LogP contribution < -0.4 is 10.1 Å². The summed E-state index contributed by atoms with van der Waals surface area (Å²) in [7, 11) is 1.95. The van der Waals surface area contributed by atoms with Crippen molar-refractivity contribution in [3.63, 3.8) is 0 Å². The predicted octanol–water partition coefficient (Wildman–Crippen LogP) is 4.06. The molecule has 4 unspecified atom stereocenters. The molecule has 3 rings (SSSR count). The van der Waals surface area contributed by atoms with Crippen LogP contribution in [-0.4, -0.2) is 13.2 Å². The third-order valence-corrected chi connectivity index (χ3v) is 4.94. The van der Waals surface area contributed by atoms with E-state index in [0.29, 0.717) is 5.92 Å². The second-order valence-electron chi connectivity index (χ2n) is 6.45. The third-order valence-electron chi connectivity index (χ3n) is 4.94. The maximum atomic E-state index is 13.4. The Morgan fingerprint density at radius 3 is 2.85 bits per heavy atom. The van der Waals surface area contributed by atoms with Gasteiger partial charge >= 0.3 is 0 Å². The molecule has 2 aliphatic rings. The van der Waals surface area contributed by atoms with Crippen molar-refractivity contribution in [2.45, 2.75) is 51.2 Å². The molecule has 2 nitrogen and oxygen atoms in total. The maximum absolute atomic E-state index is 13.4. The fourth-order valence-corrected chi connectivity index (χ4v) is 3.85. The molecule has 0 saturated heterocycles. The van der Waals surface area contributed by atoms with Crippen molar-refractivity contribution in [2.24, 2.45) is 11.8 Å². The highest BCUT2D eigenvalue weighted by Crippen LogP contribution is 2.41. The van der Waals surface area contributed by atoms with E-state index in [1.165, 1.54) is 31.7 Å². The second-order valence-corrected chi connectivity index (χ2v) is 6.45. The summed E-state index contributed by atoms with van der Waals surface area (Å²) in [5.41, 5.74) is 0.965. The van der Waals surface area contributed by atoms with Gasteiger partial charge < -0.3 is 10.1 Å². The Kier molecular flexibility index (Phi) is 3.97. The summed E-state index contributed by atoms with van der Waals surface area (Å²) in [5, 5.41) is 3.32. The van der Waals surface area contributed by atoms with Gasteiger partial charge in [-0.15, -0.1) is 0 Å². The molecule has 110 valence electrons. The number of benzene rings is 1. The number of fused-ring (bicyclic) bond motifs is 1. The molecule has 3 heteroatoms. The van der Waals surface area contributed by atoms with Gasteiger partial charge in [0.1, 0.15) is 17.7 Å². The molecule has 1 aromatic carbocycles. The minimum Gasteiger partial charge on any atom is -0.490 e. The Labute approximate surface area is 120 Å². The maximum Gasteiger partial charge on any atom is 0.124 e. The van der Waals surface area contributed by atoms with Crippen LogP contribution in [0.15, 0.2) is 18.2 Å². The van der Waals surface area contributed by atoms with Crippen LogP contribution in [0.25, 0.3) is 0 Å². The van der Waals surface area contributed by atoms with E-state index in [1.807, 2.05) is 7.05 Å². The Morgan fingerprint density at radius 1 is 1.25 bits per heavy atom. The molecular weight excluding hydrogens is 253 g/mol. The lowest BCUT2D eigenvalue weighted by atomic mass is 9.77. The van der Waals surface area contributed by atoms with Gasteiger partial charge in [-0.1, -0.05) is 19.8 Å². The molecule has 1 aliphatic carbocycles. The van der Waals surface area contributed by atoms with Crippen molar-refractivity contribution in [3.8, 4) is 5.75 Å². The van der Waals surface area contributed by atoms with Gasteiger partial charge in [0.25, 0.3) is 0 Å². The monoisotopic (exact) mass is 277 g/mol. The summed E-state index contributed by atoms with van der Waals surface area (Å²) in [6.45, 7) is 2.34. The van der Waals surface area contributed by atoms with Crippen molar-refractivity contribution in [2.75, 3.05) is 7.05 Å². The van der Waals surface area contributed by atoms with Crippen molar-refractivity contribution in [1.82, 2.24) is 5.32 Å². The van der Waals surface area contributed by atoms with Gasteiger partial charge in [0.15, 0.2) is 0 Å². The van der Waals surface area contributed by atoms with Crippen LogP contribution in [0.3, 0.4) is 0 Å². The highest BCUT2D eigenvalue weighted by Gasteiger charge is 2.34. The van der Waals surface area contributed by atoms with E-state index in [-0.39, 0.29) is 18.0 Å². The molecule has 0 spiro atoms. The van der Waals surface area contributed by atoms with Crippen LogP contribution >= 0.6 is 0 Å². The van der Waals surface area contributed by atoms with Crippen LogP contribution in [0, 0.1) is 17.7 Å². The first-order valence-electron chi connectivity index (χ1n) is 7.80. The highest BCUT2D eigenvalue weighted by atomic mass is 19.1. The quantitative estimate of drug-likeness (QED) is 0.880. The lowest BCUT2D eigenvalue weighted by Gasteiger charge is -2.39. The average Bonchev–Trinajstić information content (AvgIpc) is 2.46. The first kappa shape index (κ1) is 13.9. The van der Waals surface area contributed by atoms with Crippen LogP contribution in [0.1, 0.15) is 50.6 Å². The highest BCUT2D eigenvalue weighted by molar-refractivity contribution is 5.38. The number of ether oxygens (including phenoxy) is 1. The van der Waals surface area contributed by atoms with Gasteiger partial charge in [-0.2, -0.15) is 0 Å². The van der Waals surface area contributed by atoms with E-state index in [4.69, 9.17) is 4.74 Å². The van der Waals surface area contributed by atoms with Gasteiger partial charge in [0.05, 0.1) is 0 Å².